The van der Waals surface area contributed by atoms with Gasteiger partial charge in [-0.1, -0.05) is 11.6 Å². The highest BCUT2D eigenvalue weighted by Gasteiger charge is 2.06. The molecule has 1 nitrogen and oxygen atoms in total. The Hall–Kier alpha value is -0.0000000000000000555. The van der Waals surface area contributed by atoms with Crippen molar-refractivity contribution in [2.24, 2.45) is 0 Å². The van der Waals surface area contributed by atoms with Crippen LogP contribution in [-0.4, -0.2) is 5.11 Å². The molecule has 0 saturated carbocycles. The van der Waals surface area contributed by atoms with Crippen LogP contribution in [0.2, 0.25) is 5.02 Å². The molecule has 0 atom stereocenters. The molecule has 62 valence electrons. The van der Waals surface area contributed by atoms with Crippen molar-refractivity contribution < 1.29 is 5.11 Å². The summed E-state index contributed by atoms with van der Waals surface area (Å²) in [5, 5.41) is 12.6. The van der Waals surface area contributed by atoms with Crippen LogP contribution in [0.5, 0.6) is 5.75 Å². The fourth-order valence-corrected chi connectivity index (χ4v) is 3.28. The topological polar surface area (TPSA) is 20.2 Å². The van der Waals surface area contributed by atoms with E-state index in [9.17, 15) is 5.11 Å². The lowest BCUT2D eigenvalue weighted by Gasteiger charge is -1.95. The number of aromatic hydroxyl groups is 1. The zero-order chi connectivity index (χ0) is 8.72. The molecule has 2 aromatic rings. The van der Waals surface area contributed by atoms with Gasteiger partial charge < -0.3 is 5.11 Å². The second kappa shape index (κ2) is 3.05. The van der Waals surface area contributed by atoms with Gasteiger partial charge in [-0.25, -0.2) is 0 Å². The minimum Gasteiger partial charge on any atom is -0.506 e. The van der Waals surface area contributed by atoms with Gasteiger partial charge in [0.2, 0.25) is 0 Å². The van der Waals surface area contributed by atoms with E-state index in [1.165, 1.54) is 11.3 Å². The van der Waals surface area contributed by atoms with Crippen molar-refractivity contribution in [3.63, 3.8) is 0 Å². The highest BCUT2D eigenvalue weighted by Crippen LogP contribution is 2.36. The van der Waals surface area contributed by atoms with E-state index in [2.05, 4.69) is 22.6 Å². The molecule has 1 aromatic carbocycles. The van der Waals surface area contributed by atoms with E-state index in [0.29, 0.717) is 10.8 Å². The fraction of sp³-hybridized carbons (Fsp3) is 0. The van der Waals surface area contributed by atoms with E-state index in [0.717, 1.165) is 13.7 Å². The zero-order valence-corrected chi connectivity index (χ0v) is 9.57. The number of rotatable bonds is 0. The molecule has 0 aliphatic heterocycles. The van der Waals surface area contributed by atoms with Crippen LogP contribution in [0, 0.1) is 3.57 Å². The van der Waals surface area contributed by atoms with Crippen molar-refractivity contribution in [1.82, 2.24) is 0 Å². The molecule has 0 saturated heterocycles. The average molecular weight is 311 g/mol. The summed E-state index contributed by atoms with van der Waals surface area (Å²) in [6, 6.07) is 3.67. The first kappa shape index (κ1) is 8.59. The number of hydrogen-bond acceptors (Lipinski definition) is 2. The first-order valence-electron chi connectivity index (χ1n) is 3.23. The Bertz CT molecular complexity index is 438. The Balaban J connectivity index is 2.92. The Morgan fingerprint density at radius 2 is 2.17 bits per heavy atom. The summed E-state index contributed by atoms with van der Waals surface area (Å²) in [6.45, 7) is 0. The van der Waals surface area contributed by atoms with Crippen LogP contribution in [0.15, 0.2) is 17.5 Å². The summed E-state index contributed by atoms with van der Waals surface area (Å²) in [5.41, 5.74) is 0. The Kier molecular flexibility index (Phi) is 2.18. The maximum Gasteiger partial charge on any atom is 0.134 e. The van der Waals surface area contributed by atoms with Crippen LogP contribution >= 0.6 is 45.5 Å². The predicted octanol–water partition coefficient (Wildman–Crippen LogP) is 3.86. The van der Waals surface area contributed by atoms with E-state index >= 15 is 0 Å². The second-order valence-corrected chi connectivity index (χ2v) is 4.86. The lowest BCUT2D eigenvalue weighted by Crippen LogP contribution is -1.71. The van der Waals surface area contributed by atoms with Crippen LogP contribution in [0.1, 0.15) is 0 Å². The molecule has 4 heteroatoms. The largest absolute Gasteiger partial charge is 0.506 e. The minimum atomic E-state index is 0.315. The summed E-state index contributed by atoms with van der Waals surface area (Å²) in [4.78, 5) is 0. The molecule has 0 amide bonds. The maximum atomic E-state index is 9.41. The highest BCUT2D eigenvalue weighted by molar-refractivity contribution is 14.1. The van der Waals surface area contributed by atoms with E-state index in [4.69, 9.17) is 11.6 Å². The Labute approximate surface area is 92.1 Å². The molecule has 0 radical (unpaired) electrons. The molecule has 0 fully saturated rings. The summed E-state index contributed by atoms with van der Waals surface area (Å²) < 4.78 is 2.18. The smallest absolute Gasteiger partial charge is 0.134 e. The summed E-state index contributed by atoms with van der Waals surface area (Å²) in [6.07, 6.45) is 0. The number of hydrogen-bond donors (Lipinski definition) is 1. The number of fused-ring (bicyclic) bond motifs is 1. The number of thiophene rings is 1. The number of benzene rings is 1. The third kappa shape index (κ3) is 1.30. The fourth-order valence-electron chi connectivity index (χ4n) is 1.05. The van der Waals surface area contributed by atoms with Gasteiger partial charge in [0.15, 0.2) is 0 Å². The molecule has 0 aliphatic rings. The summed E-state index contributed by atoms with van der Waals surface area (Å²) >= 11 is 9.59. The van der Waals surface area contributed by atoms with E-state index in [-0.39, 0.29) is 0 Å². The van der Waals surface area contributed by atoms with Crippen molar-refractivity contribution in [2.45, 2.75) is 0 Å². The average Bonchev–Trinajstić information content (AvgIpc) is 2.33. The van der Waals surface area contributed by atoms with Crippen LogP contribution in [0.4, 0.5) is 0 Å². The molecule has 2 rings (SSSR count). The van der Waals surface area contributed by atoms with Crippen LogP contribution in [0.25, 0.3) is 10.1 Å². The molecule has 12 heavy (non-hydrogen) atoms. The maximum absolute atomic E-state index is 9.41. The summed E-state index contributed by atoms with van der Waals surface area (Å²) in [7, 11) is 0. The lowest BCUT2D eigenvalue weighted by molar-refractivity contribution is 0.483. The molecular formula is C8H4ClIOS. The van der Waals surface area contributed by atoms with Gasteiger partial charge in [-0.3, -0.25) is 0 Å². The normalized spacial score (nSPS) is 10.8. The van der Waals surface area contributed by atoms with Crippen molar-refractivity contribution in [2.75, 3.05) is 0 Å². The molecule has 0 spiro atoms. The molecule has 0 bridgehead atoms. The lowest BCUT2D eigenvalue weighted by atomic mass is 10.2. The van der Waals surface area contributed by atoms with Gasteiger partial charge in [0.05, 0.1) is 4.70 Å². The van der Waals surface area contributed by atoms with Gasteiger partial charge in [0.25, 0.3) is 0 Å². The SMILES string of the molecule is Oc1csc2c(I)cc(Cl)cc12. The molecule has 0 aliphatic carbocycles. The van der Waals surface area contributed by atoms with Gasteiger partial charge in [-0.2, -0.15) is 0 Å². The minimum absolute atomic E-state index is 0.315. The molecule has 1 N–H and O–H groups in total. The van der Waals surface area contributed by atoms with Gasteiger partial charge >= 0.3 is 0 Å². The second-order valence-electron chi connectivity index (χ2n) is 2.39. The quantitative estimate of drug-likeness (QED) is 0.733. The number of halogens is 2. The molecule has 1 heterocycles. The van der Waals surface area contributed by atoms with Crippen LogP contribution < -0.4 is 0 Å². The van der Waals surface area contributed by atoms with E-state index in [1.807, 2.05) is 6.07 Å². The van der Waals surface area contributed by atoms with Crippen LogP contribution in [0.3, 0.4) is 0 Å². The molecule has 1 aromatic heterocycles. The Morgan fingerprint density at radius 3 is 2.92 bits per heavy atom. The predicted molar refractivity (Wildman–Crippen MR) is 61.2 cm³/mol. The highest BCUT2D eigenvalue weighted by atomic mass is 127. The third-order valence-electron chi connectivity index (χ3n) is 1.57. The van der Waals surface area contributed by atoms with Gasteiger partial charge in [0, 0.05) is 19.4 Å². The Morgan fingerprint density at radius 1 is 1.42 bits per heavy atom. The molecule has 0 unspecified atom stereocenters. The van der Waals surface area contributed by atoms with Crippen LogP contribution in [-0.2, 0) is 0 Å². The van der Waals surface area contributed by atoms with E-state index in [1.54, 1.807) is 11.4 Å². The van der Waals surface area contributed by atoms with Crippen molar-refractivity contribution in [3.05, 3.63) is 26.1 Å². The first-order chi connectivity index (χ1) is 5.68. The standard InChI is InChI=1S/C8H4ClIOS/c9-4-1-5-7(11)3-12-8(5)6(10)2-4/h1-3,11H. The molecular weight excluding hydrogens is 307 g/mol. The van der Waals surface area contributed by atoms with Crippen molar-refractivity contribution in [1.29, 1.82) is 0 Å². The monoisotopic (exact) mass is 310 g/mol. The van der Waals surface area contributed by atoms with Crippen molar-refractivity contribution >= 4 is 55.6 Å². The zero-order valence-electron chi connectivity index (χ0n) is 5.84. The van der Waals surface area contributed by atoms with Crippen molar-refractivity contribution in [3.8, 4) is 5.75 Å². The van der Waals surface area contributed by atoms with Gasteiger partial charge in [0.1, 0.15) is 5.75 Å². The summed E-state index contributed by atoms with van der Waals surface area (Å²) in [5.74, 6) is 0.315. The first-order valence-corrected chi connectivity index (χ1v) is 5.57. The van der Waals surface area contributed by atoms with E-state index < -0.39 is 0 Å². The third-order valence-corrected chi connectivity index (χ3v) is 4.02. The van der Waals surface area contributed by atoms with Gasteiger partial charge in [-0.05, 0) is 34.7 Å². The van der Waals surface area contributed by atoms with Gasteiger partial charge in [-0.15, -0.1) is 11.3 Å².